The number of benzene rings is 2. The highest BCUT2D eigenvalue weighted by Gasteiger charge is 2.32. The average Bonchev–Trinajstić information content (AvgIpc) is 3.42. The van der Waals surface area contributed by atoms with E-state index in [1.165, 1.54) is 25.2 Å². The van der Waals surface area contributed by atoms with Crippen molar-refractivity contribution in [1.29, 1.82) is 10.8 Å². The minimum atomic E-state index is -1.43. The number of aliphatic imine (C=N–C) groups is 1. The maximum atomic E-state index is 16.1. The van der Waals surface area contributed by atoms with E-state index in [2.05, 4.69) is 15.3 Å². The van der Waals surface area contributed by atoms with E-state index in [1.807, 2.05) is 11.9 Å². The molecule has 0 fully saturated rings. The lowest BCUT2D eigenvalue weighted by molar-refractivity contribution is -0.138. The number of aromatic nitrogens is 1. The molecule has 0 radical (unpaired) electrons. The van der Waals surface area contributed by atoms with Gasteiger partial charge in [0.15, 0.2) is 17.5 Å². The van der Waals surface area contributed by atoms with Crippen molar-refractivity contribution in [3.05, 3.63) is 65.2 Å². The summed E-state index contributed by atoms with van der Waals surface area (Å²) in [5.74, 6) is -6.30. The Balaban J connectivity index is 1.78. The van der Waals surface area contributed by atoms with Crippen molar-refractivity contribution in [2.45, 2.75) is 18.9 Å². The summed E-state index contributed by atoms with van der Waals surface area (Å²) in [5.41, 5.74) is 10.8. The zero-order valence-corrected chi connectivity index (χ0v) is 24.5. The van der Waals surface area contributed by atoms with Crippen LogP contribution >= 0.6 is 0 Å². The Bertz CT molecular complexity index is 1650. The number of pyridine rings is 1. The predicted molar refractivity (Wildman–Crippen MR) is 163 cm³/mol. The molecule has 0 bridgehead atoms. The summed E-state index contributed by atoms with van der Waals surface area (Å²) in [6.45, 7) is 1.48. The molecule has 1 unspecified atom stereocenters. The lowest BCUT2D eigenvalue weighted by Crippen LogP contribution is -2.40. The van der Waals surface area contributed by atoms with Crippen molar-refractivity contribution < 1.29 is 33.3 Å². The number of halogens is 2. The summed E-state index contributed by atoms with van der Waals surface area (Å²) in [6.07, 6.45) is 0.109. The first-order valence-electron chi connectivity index (χ1n) is 13.7. The third-order valence-electron chi connectivity index (χ3n) is 6.91. The van der Waals surface area contributed by atoms with Crippen LogP contribution in [0.3, 0.4) is 0 Å². The largest absolute Gasteiger partial charge is 0.504 e. The molecule has 2 heterocycles. The van der Waals surface area contributed by atoms with E-state index in [0.29, 0.717) is 17.9 Å². The van der Waals surface area contributed by atoms with Crippen molar-refractivity contribution in [1.82, 2.24) is 15.2 Å². The van der Waals surface area contributed by atoms with Gasteiger partial charge < -0.3 is 46.3 Å². The Morgan fingerprint density at radius 3 is 2.49 bits per heavy atom. The van der Waals surface area contributed by atoms with Crippen LogP contribution < -0.4 is 31.2 Å². The summed E-state index contributed by atoms with van der Waals surface area (Å²) >= 11 is 0. The molecule has 14 nitrogen and oxygen atoms in total. The van der Waals surface area contributed by atoms with Gasteiger partial charge >= 0.3 is 5.97 Å². The molecular formula is C29H33F2N9O5. The molecular weight excluding hydrogens is 592 g/mol. The number of nitrogens with zero attached hydrogens (tertiary/aromatic N) is 4. The standard InChI is InChI=1S/C29H33F2N9O5/c1-39-12-11-36-25(39)16-5-3-6-17(13-16)44-26-21(30)23(40(2)18(28(42)43)7-4-10-37-29(34)35)22(31)27(38-26)45-20-14-15(24(32)33)8-9-19(20)41/h3,5-6,8-9,13-14,18,41H,4,7,10-12H2,1-2H3,(H3,32,33)(H,42,43)(H4,34,35,37). The Labute approximate surface area is 256 Å². The molecule has 0 saturated heterocycles. The summed E-state index contributed by atoms with van der Waals surface area (Å²) in [7, 11) is 3.06. The summed E-state index contributed by atoms with van der Waals surface area (Å²) in [4.78, 5) is 23.4. The summed E-state index contributed by atoms with van der Waals surface area (Å²) < 4.78 is 43.5. The van der Waals surface area contributed by atoms with Crippen LogP contribution in [0.2, 0.25) is 0 Å². The monoisotopic (exact) mass is 625 g/mol. The van der Waals surface area contributed by atoms with E-state index in [4.69, 9.17) is 31.8 Å². The Morgan fingerprint density at radius 2 is 1.87 bits per heavy atom. The molecule has 16 heteroatoms. The SMILES string of the molecule is CN1CCN=C1c1cccc(Oc2nc(Oc3cc(C(=N)N)ccc3O)c(F)c(N(C)C(CCCNC(=N)N)C(=O)O)c2F)c1. The van der Waals surface area contributed by atoms with Crippen molar-refractivity contribution >= 4 is 29.3 Å². The Hall–Kier alpha value is -5.67. The van der Waals surface area contributed by atoms with Gasteiger partial charge in [-0.3, -0.25) is 15.8 Å². The molecule has 0 aliphatic carbocycles. The molecule has 0 spiro atoms. The number of guanidine groups is 1. The van der Waals surface area contributed by atoms with Gasteiger partial charge in [-0.1, -0.05) is 12.1 Å². The van der Waals surface area contributed by atoms with E-state index in [0.717, 1.165) is 17.5 Å². The predicted octanol–water partition coefficient (Wildman–Crippen LogP) is 2.78. The summed E-state index contributed by atoms with van der Waals surface area (Å²) in [5, 5.41) is 37.8. The first kappa shape index (κ1) is 32.2. The number of aromatic hydroxyl groups is 1. The highest BCUT2D eigenvalue weighted by Crippen LogP contribution is 2.40. The molecule has 1 aliphatic heterocycles. The van der Waals surface area contributed by atoms with Crippen LogP contribution in [0.25, 0.3) is 0 Å². The van der Waals surface area contributed by atoms with Crippen LogP contribution in [0, 0.1) is 22.5 Å². The van der Waals surface area contributed by atoms with Crippen molar-refractivity contribution in [3.8, 4) is 29.0 Å². The molecule has 2 aromatic carbocycles. The van der Waals surface area contributed by atoms with Crippen LogP contribution in [0.4, 0.5) is 14.5 Å². The number of nitrogen functional groups attached to an aromatic ring is 1. The summed E-state index contributed by atoms with van der Waals surface area (Å²) in [6, 6.07) is 8.81. The van der Waals surface area contributed by atoms with Gasteiger partial charge in [0.05, 0.1) is 6.54 Å². The number of carboxylic acids is 1. The van der Waals surface area contributed by atoms with E-state index in [9.17, 15) is 15.0 Å². The number of hydrogen-bond acceptors (Lipinski definition) is 10. The van der Waals surface area contributed by atoms with Gasteiger partial charge in [-0.15, -0.1) is 0 Å². The zero-order valence-electron chi connectivity index (χ0n) is 24.5. The van der Waals surface area contributed by atoms with Crippen LogP contribution in [0.1, 0.15) is 24.0 Å². The number of rotatable bonds is 13. The highest BCUT2D eigenvalue weighted by molar-refractivity contribution is 6.00. The fourth-order valence-corrected chi connectivity index (χ4v) is 4.61. The number of ether oxygens (including phenoxy) is 2. The molecule has 3 aromatic rings. The van der Waals surface area contributed by atoms with Crippen molar-refractivity contribution in [3.63, 3.8) is 0 Å². The molecule has 45 heavy (non-hydrogen) atoms. The maximum Gasteiger partial charge on any atom is 0.326 e. The molecule has 4 rings (SSSR count). The fraction of sp³-hybridized carbons (Fsp3) is 0.276. The minimum Gasteiger partial charge on any atom is -0.504 e. The van der Waals surface area contributed by atoms with Crippen LogP contribution in [-0.4, -0.2) is 83.5 Å². The number of anilines is 1. The number of likely N-dealkylation sites (N-methyl/N-ethyl adjacent to an activating group) is 2. The van der Waals surface area contributed by atoms with Crippen LogP contribution in [0.5, 0.6) is 29.0 Å². The van der Waals surface area contributed by atoms with Gasteiger partial charge in [0.25, 0.3) is 11.8 Å². The second kappa shape index (κ2) is 13.7. The van der Waals surface area contributed by atoms with Gasteiger partial charge in [0, 0.05) is 38.3 Å². The number of nitrogens with one attached hydrogen (secondary N) is 3. The fourth-order valence-electron chi connectivity index (χ4n) is 4.61. The van der Waals surface area contributed by atoms with Crippen LogP contribution in [-0.2, 0) is 4.79 Å². The number of nitrogens with two attached hydrogens (primary N) is 2. The number of carbonyl (C=O) groups is 1. The number of hydrogen-bond donors (Lipinski definition) is 7. The minimum absolute atomic E-state index is 0.0845. The van der Waals surface area contributed by atoms with Crippen molar-refractivity contribution in [2.75, 3.05) is 38.6 Å². The number of amidine groups is 2. The van der Waals surface area contributed by atoms with Gasteiger partial charge in [-0.05, 0) is 43.2 Å². The lowest BCUT2D eigenvalue weighted by Gasteiger charge is -2.28. The second-order valence-electron chi connectivity index (χ2n) is 10.1. The zero-order chi connectivity index (χ0) is 32.8. The molecule has 9 N–H and O–H groups in total. The smallest absolute Gasteiger partial charge is 0.326 e. The quantitative estimate of drug-likeness (QED) is 0.0832. The number of carboxylic acid groups (broad SMARTS) is 1. The number of aliphatic carboxylic acids is 1. The normalized spacial score (nSPS) is 13.2. The molecule has 0 saturated carbocycles. The highest BCUT2D eigenvalue weighted by atomic mass is 19.1. The van der Waals surface area contributed by atoms with Gasteiger partial charge in [-0.25, -0.2) is 4.79 Å². The molecule has 0 amide bonds. The Morgan fingerprint density at radius 1 is 1.16 bits per heavy atom. The van der Waals surface area contributed by atoms with E-state index in [-0.39, 0.29) is 48.2 Å². The third kappa shape index (κ3) is 7.46. The molecule has 238 valence electrons. The van der Waals surface area contributed by atoms with Crippen LogP contribution in [0.15, 0.2) is 47.5 Å². The second-order valence-corrected chi connectivity index (χ2v) is 10.1. The Kier molecular flexibility index (Phi) is 9.85. The molecule has 1 atom stereocenters. The first-order valence-corrected chi connectivity index (χ1v) is 13.7. The average molecular weight is 626 g/mol. The van der Waals surface area contributed by atoms with Gasteiger partial charge in [0.1, 0.15) is 29.1 Å². The molecule has 1 aromatic heterocycles. The topological polar surface area (TPSA) is 219 Å². The third-order valence-corrected chi connectivity index (χ3v) is 6.91. The maximum absolute atomic E-state index is 16.1. The van der Waals surface area contributed by atoms with Gasteiger partial charge in [0.2, 0.25) is 11.6 Å². The molecule has 1 aliphatic rings. The van der Waals surface area contributed by atoms with E-state index < -0.39 is 46.8 Å². The van der Waals surface area contributed by atoms with Gasteiger partial charge in [-0.2, -0.15) is 13.8 Å². The number of phenolic OH excluding ortho intramolecular Hbond substituents is 1. The lowest BCUT2D eigenvalue weighted by atomic mass is 10.1. The van der Waals surface area contributed by atoms with Crippen molar-refractivity contribution in [2.24, 2.45) is 16.5 Å². The first-order chi connectivity index (χ1) is 21.4. The van der Waals surface area contributed by atoms with E-state index >= 15 is 8.78 Å². The van der Waals surface area contributed by atoms with E-state index in [1.54, 1.807) is 18.2 Å². The number of phenols is 1.